The van der Waals surface area contributed by atoms with Gasteiger partial charge < -0.3 is 4.74 Å². The van der Waals surface area contributed by atoms with Gasteiger partial charge in [0.15, 0.2) is 0 Å². The van der Waals surface area contributed by atoms with Crippen LogP contribution in [0.5, 0.6) is 0 Å². The van der Waals surface area contributed by atoms with Gasteiger partial charge >= 0.3 is 0 Å². The molecule has 0 aliphatic heterocycles. The summed E-state index contributed by atoms with van der Waals surface area (Å²) in [6.45, 7) is 12.9. The maximum Gasteiger partial charge on any atom is 0.0880 e. The largest absolute Gasteiger partial charge is 0.373 e. The van der Waals surface area contributed by atoms with E-state index in [0.717, 1.165) is 18.4 Å². The number of hydrogen-bond acceptors (Lipinski definition) is 3. The van der Waals surface area contributed by atoms with Crippen molar-refractivity contribution in [3.63, 3.8) is 0 Å². The Hall–Kier alpha value is -0.380. The molecule has 0 aromatic rings. The lowest BCUT2D eigenvalue weighted by atomic mass is 9.85. The Balaban J connectivity index is 4.82. The van der Waals surface area contributed by atoms with Crippen LogP contribution in [0.1, 0.15) is 40.5 Å². The van der Waals surface area contributed by atoms with Gasteiger partial charge in [-0.1, -0.05) is 26.0 Å². The van der Waals surface area contributed by atoms with E-state index in [2.05, 4.69) is 25.9 Å². The summed E-state index contributed by atoms with van der Waals surface area (Å²) < 4.78 is 5.84. The first-order valence-electron chi connectivity index (χ1n) is 5.33. The van der Waals surface area contributed by atoms with Gasteiger partial charge in [-0.25, -0.2) is 0 Å². The van der Waals surface area contributed by atoms with Crippen LogP contribution in [0.3, 0.4) is 0 Å². The molecule has 0 saturated carbocycles. The van der Waals surface area contributed by atoms with Crippen molar-refractivity contribution in [2.24, 2.45) is 5.84 Å². The van der Waals surface area contributed by atoms with E-state index in [1.54, 1.807) is 0 Å². The van der Waals surface area contributed by atoms with Crippen LogP contribution in [0.4, 0.5) is 0 Å². The average Bonchev–Trinajstić information content (AvgIpc) is 2.17. The summed E-state index contributed by atoms with van der Waals surface area (Å²) in [5.41, 5.74) is 3.61. The molecule has 0 aromatic carbocycles. The third kappa shape index (κ3) is 2.80. The van der Waals surface area contributed by atoms with Crippen LogP contribution in [0.2, 0.25) is 0 Å². The summed E-state index contributed by atoms with van der Waals surface area (Å²) >= 11 is 0. The highest BCUT2D eigenvalue weighted by Crippen LogP contribution is 2.28. The summed E-state index contributed by atoms with van der Waals surface area (Å²) in [5, 5.41) is 0. The molecule has 0 heterocycles. The van der Waals surface area contributed by atoms with Crippen molar-refractivity contribution in [3.05, 3.63) is 12.2 Å². The van der Waals surface area contributed by atoms with Crippen LogP contribution in [0.15, 0.2) is 12.2 Å². The van der Waals surface area contributed by atoms with Crippen molar-refractivity contribution < 1.29 is 4.74 Å². The molecule has 0 fully saturated rings. The summed E-state index contributed by atoms with van der Waals surface area (Å²) in [7, 11) is 0. The number of ether oxygens (including phenoxy) is 1. The fourth-order valence-electron chi connectivity index (χ4n) is 1.98. The van der Waals surface area contributed by atoms with Crippen molar-refractivity contribution in [2.45, 2.75) is 52.2 Å². The van der Waals surface area contributed by atoms with Crippen LogP contribution >= 0.6 is 0 Å². The van der Waals surface area contributed by atoms with Gasteiger partial charge in [-0.15, -0.1) is 0 Å². The molecule has 0 aliphatic carbocycles. The molecular weight excluding hydrogens is 176 g/mol. The second-order valence-corrected chi connectivity index (χ2v) is 3.65. The van der Waals surface area contributed by atoms with E-state index in [0.29, 0.717) is 6.61 Å². The van der Waals surface area contributed by atoms with Gasteiger partial charge in [-0.05, 0) is 26.7 Å². The molecule has 0 aromatic heterocycles. The quantitative estimate of drug-likeness (QED) is 0.375. The first-order valence-corrected chi connectivity index (χ1v) is 5.33. The Morgan fingerprint density at radius 2 is 1.93 bits per heavy atom. The van der Waals surface area contributed by atoms with Crippen LogP contribution in [0.25, 0.3) is 0 Å². The highest BCUT2D eigenvalue weighted by atomic mass is 16.5. The molecule has 0 rings (SSSR count). The fraction of sp³-hybridized carbons (Fsp3) is 0.818. The molecule has 3 N–H and O–H groups in total. The molecule has 0 bridgehead atoms. The highest BCUT2D eigenvalue weighted by molar-refractivity contribution is 5.10. The van der Waals surface area contributed by atoms with E-state index < -0.39 is 0 Å². The minimum absolute atomic E-state index is 0.0254. The van der Waals surface area contributed by atoms with Gasteiger partial charge in [0.1, 0.15) is 0 Å². The Bertz CT molecular complexity index is 176. The number of hydrazine groups is 1. The zero-order chi connectivity index (χ0) is 11.2. The molecule has 0 radical (unpaired) electrons. The second-order valence-electron chi connectivity index (χ2n) is 3.65. The lowest BCUT2D eigenvalue weighted by Gasteiger charge is -2.39. The van der Waals surface area contributed by atoms with E-state index in [-0.39, 0.29) is 11.6 Å². The standard InChI is InChI=1S/C11H24N2O/c1-6-11(7-2,14-8-3)10(13-12)9(4)5/h10,13H,4,6-8,12H2,1-3,5H3. The molecule has 1 unspecified atom stereocenters. The maximum absolute atomic E-state index is 5.84. The van der Waals surface area contributed by atoms with Gasteiger partial charge in [-0.3, -0.25) is 11.3 Å². The smallest absolute Gasteiger partial charge is 0.0880 e. The number of rotatable bonds is 7. The zero-order valence-electron chi connectivity index (χ0n) is 9.89. The minimum Gasteiger partial charge on any atom is -0.373 e. The number of nitrogens with one attached hydrogen (secondary N) is 1. The molecule has 0 aliphatic rings. The summed E-state index contributed by atoms with van der Waals surface area (Å²) in [4.78, 5) is 0. The van der Waals surface area contributed by atoms with Gasteiger partial charge in [0.05, 0.1) is 11.6 Å². The lowest BCUT2D eigenvalue weighted by Crippen LogP contribution is -2.55. The van der Waals surface area contributed by atoms with Crippen molar-refractivity contribution >= 4 is 0 Å². The van der Waals surface area contributed by atoms with E-state index in [4.69, 9.17) is 10.6 Å². The van der Waals surface area contributed by atoms with Crippen molar-refractivity contribution in [3.8, 4) is 0 Å². The molecular formula is C11H24N2O. The molecule has 0 spiro atoms. The van der Waals surface area contributed by atoms with E-state index >= 15 is 0 Å². The van der Waals surface area contributed by atoms with E-state index in [1.165, 1.54) is 0 Å². The highest BCUT2D eigenvalue weighted by Gasteiger charge is 2.36. The summed E-state index contributed by atoms with van der Waals surface area (Å²) in [6, 6.07) is 0.0254. The van der Waals surface area contributed by atoms with Crippen LogP contribution < -0.4 is 11.3 Å². The molecule has 14 heavy (non-hydrogen) atoms. The van der Waals surface area contributed by atoms with Crippen LogP contribution in [-0.2, 0) is 4.74 Å². The van der Waals surface area contributed by atoms with Gasteiger partial charge in [0, 0.05) is 6.61 Å². The van der Waals surface area contributed by atoms with E-state index in [1.807, 2.05) is 13.8 Å². The lowest BCUT2D eigenvalue weighted by molar-refractivity contribution is -0.0635. The molecule has 3 nitrogen and oxygen atoms in total. The van der Waals surface area contributed by atoms with Gasteiger partial charge in [0.25, 0.3) is 0 Å². The van der Waals surface area contributed by atoms with Crippen LogP contribution in [-0.4, -0.2) is 18.2 Å². The number of nitrogens with two attached hydrogens (primary N) is 1. The molecule has 1 atom stereocenters. The molecule has 3 heteroatoms. The van der Waals surface area contributed by atoms with Crippen LogP contribution in [0, 0.1) is 0 Å². The summed E-state index contributed by atoms with van der Waals surface area (Å²) in [6.07, 6.45) is 1.86. The Morgan fingerprint density at radius 3 is 2.14 bits per heavy atom. The zero-order valence-corrected chi connectivity index (χ0v) is 9.89. The molecule has 84 valence electrons. The third-order valence-electron chi connectivity index (χ3n) is 2.81. The first-order chi connectivity index (χ1) is 6.57. The van der Waals surface area contributed by atoms with Crippen molar-refractivity contribution in [1.82, 2.24) is 5.43 Å². The van der Waals surface area contributed by atoms with Gasteiger partial charge in [-0.2, -0.15) is 0 Å². The third-order valence-corrected chi connectivity index (χ3v) is 2.81. The maximum atomic E-state index is 5.84. The molecule has 0 amide bonds. The fourth-order valence-corrected chi connectivity index (χ4v) is 1.98. The van der Waals surface area contributed by atoms with E-state index in [9.17, 15) is 0 Å². The second kappa shape index (κ2) is 6.17. The topological polar surface area (TPSA) is 47.3 Å². The van der Waals surface area contributed by atoms with Crippen molar-refractivity contribution in [1.29, 1.82) is 0 Å². The SMILES string of the molecule is C=C(C)C(NN)C(CC)(CC)OCC. The molecule has 0 saturated heterocycles. The Morgan fingerprint density at radius 1 is 1.43 bits per heavy atom. The first kappa shape index (κ1) is 13.6. The average molecular weight is 200 g/mol. The summed E-state index contributed by atoms with van der Waals surface area (Å²) in [5.74, 6) is 5.55. The minimum atomic E-state index is -0.213. The van der Waals surface area contributed by atoms with Crippen molar-refractivity contribution in [2.75, 3.05) is 6.61 Å². The Kier molecular flexibility index (Phi) is 6.00. The monoisotopic (exact) mass is 200 g/mol. The normalized spacial score (nSPS) is 14.1. The number of hydrogen-bond donors (Lipinski definition) is 2. The predicted molar refractivity (Wildman–Crippen MR) is 60.9 cm³/mol. The van der Waals surface area contributed by atoms with Gasteiger partial charge in [0.2, 0.25) is 0 Å². The predicted octanol–water partition coefficient (Wildman–Crippen LogP) is 1.99. The Labute approximate surface area is 87.7 Å².